The van der Waals surface area contributed by atoms with E-state index in [9.17, 15) is 9.59 Å². The predicted molar refractivity (Wildman–Crippen MR) is 85.8 cm³/mol. The van der Waals surface area contributed by atoms with Crippen LogP contribution in [0.3, 0.4) is 0 Å². The van der Waals surface area contributed by atoms with Crippen LogP contribution in [0.25, 0.3) is 0 Å². The molecule has 6 nitrogen and oxygen atoms in total. The molecule has 0 bridgehead atoms. The Morgan fingerprint density at radius 2 is 2.17 bits per heavy atom. The number of nitrogens with one attached hydrogen (secondary N) is 1. The van der Waals surface area contributed by atoms with E-state index >= 15 is 0 Å². The van der Waals surface area contributed by atoms with Gasteiger partial charge in [0.1, 0.15) is 6.04 Å². The first-order valence-corrected chi connectivity index (χ1v) is 8.35. The summed E-state index contributed by atoms with van der Waals surface area (Å²) in [5.74, 6) is -0.515. The summed E-state index contributed by atoms with van der Waals surface area (Å²) >= 11 is 1.55. The predicted octanol–water partition coefficient (Wildman–Crippen LogP) is 3.31. The number of nitrogens with zero attached hydrogens (tertiary/aromatic N) is 3. The molecule has 1 unspecified atom stereocenters. The van der Waals surface area contributed by atoms with Crippen LogP contribution in [-0.4, -0.2) is 16.8 Å². The van der Waals surface area contributed by atoms with Crippen LogP contribution >= 0.6 is 11.3 Å². The van der Waals surface area contributed by atoms with Crippen LogP contribution in [-0.2, 0) is 17.6 Å². The molecule has 2 heterocycles. The number of amides is 2. The zero-order valence-electron chi connectivity index (χ0n) is 12.3. The first-order chi connectivity index (χ1) is 11.2. The molecule has 1 aliphatic heterocycles. The molecule has 4 rings (SSSR count). The average Bonchev–Trinajstić information content (AvgIpc) is 3.11. The lowest BCUT2D eigenvalue weighted by atomic mass is 9.97. The van der Waals surface area contributed by atoms with E-state index in [4.69, 9.17) is 0 Å². The van der Waals surface area contributed by atoms with Gasteiger partial charge in [-0.3, -0.25) is 9.59 Å². The molecule has 0 saturated heterocycles. The molecular weight excluding hydrogens is 312 g/mol. The Hall–Kier alpha value is -2.41. The molecule has 0 saturated carbocycles. The maximum atomic E-state index is 12.3. The highest BCUT2D eigenvalue weighted by Crippen LogP contribution is 2.32. The molecular formula is C16H14N4O2S. The number of aromatic nitrogens is 1. The second-order valence-electron chi connectivity index (χ2n) is 5.62. The Bertz CT molecular complexity index is 806. The summed E-state index contributed by atoms with van der Waals surface area (Å²) in [6.45, 7) is 0. The van der Waals surface area contributed by atoms with Crippen LogP contribution in [0.5, 0.6) is 0 Å². The molecule has 0 fully saturated rings. The van der Waals surface area contributed by atoms with Crippen LogP contribution in [0, 0.1) is 0 Å². The first-order valence-electron chi connectivity index (χ1n) is 7.53. The van der Waals surface area contributed by atoms with Gasteiger partial charge >= 0.3 is 0 Å². The SMILES string of the molecule is O=C(CC1N=NC(=O)c2ccccc21)Nc1nc2c(s1)CCC2. The molecule has 116 valence electrons. The highest BCUT2D eigenvalue weighted by molar-refractivity contribution is 7.15. The van der Waals surface area contributed by atoms with Gasteiger partial charge in [-0.05, 0) is 30.9 Å². The summed E-state index contributed by atoms with van der Waals surface area (Å²) < 4.78 is 0. The van der Waals surface area contributed by atoms with Gasteiger partial charge in [-0.15, -0.1) is 16.5 Å². The van der Waals surface area contributed by atoms with E-state index < -0.39 is 6.04 Å². The van der Waals surface area contributed by atoms with Gasteiger partial charge < -0.3 is 5.32 Å². The van der Waals surface area contributed by atoms with E-state index in [1.54, 1.807) is 23.5 Å². The van der Waals surface area contributed by atoms with E-state index in [1.165, 1.54) is 4.88 Å². The smallest absolute Gasteiger partial charge is 0.295 e. The minimum Gasteiger partial charge on any atom is -0.302 e. The molecule has 1 aromatic heterocycles. The third-order valence-electron chi connectivity index (χ3n) is 4.06. The second-order valence-corrected chi connectivity index (χ2v) is 6.70. The van der Waals surface area contributed by atoms with Crippen molar-refractivity contribution in [3.63, 3.8) is 0 Å². The van der Waals surface area contributed by atoms with Crippen molar-refractivity contribution in [2.75, 3.05) is 5.32 Å². The van der Waals surface area contributed by atoms with Crippen molar-refractivity contribution in [1.82, 2.24) is 4.98 Å². The van der Waals surface area contributed by atoms with Crippen molar-refractivity contribution in [1.29, 1.82) is 0 Å². The molecule has 23 heavy (non-hydrogen) atoms. The molecule has 1 aromatic carbocycles. The number of carbonyl (C=O) groups excluding carboxylic acids is 2. The summed E-state index contributed by atoms with van der Waals surface area (Å²) in [5, 5.41) is 11.1. The van der Waals surface area contributed by atoms with Crippen LogP contribution < -0.4 is 5.32 Å². The Labute approximate surface area is 136 Å². The highest BCUT2D eigenvalue weighted by Gasteiger charge is 2.26. The normalized spacial score (nSPS) is 18.6. The lowest BCUT2D eigenvalue weighted by Gasteiger charge is -2.17. The minimum absolute atomic E-state index is 0.151. The number of fused-ring (bicyclic) bond motifs is 2. The third kappa shape index (κ3) is 2.68. The quantitative estimate of drug-likeness (QED) is 0.939. The van der Waals surface area contributed by atoms with Crippen molar-refractivity contribution in [2.24, 2.45) is 10.2 Å². The van der Waals surface area contributed by atoms with Crippen molar-refractivity contribution in [3.05, 3.63) is 46.0 Å². The van der Waals surface area contributed by atoms with Crippen molar-refractivity contribution < 1.29 is 9.59 Å². The molecule has 2 aliphatic rings. The largest absolute Gasteiger partial charge is 0.302 e. The van der Waals surface area contributed by atoms with E-state index in [1.807, 2.05) is 12.1 Å². The Kier molecular flexibility index (Phi) is 3.49. The highest BCUT2D eigenvalue weighted by atomic mass is 32.1. The second kappa shape index (κ2) is 5.66. The Morgan fingerprint density at radius 1 is 1.30 bits per heavy atom. The number of benzene rings is 1. The van der Waals surface area contributed by atoms with Gasteiger partial charge in [0.15, 0.2) is 5.13 Å². The molecule has 2 aromatic rings. The number of thiazole rings is 1. The standard InChI is InChI=1S/C16H14N4O2S/c21-14(18-16-17-11-6-3-7-13(11)23-16)8-12-9-4-1-2-5-10(9)15(22)20-19-12/h1-2,4-5,12H,3,6-8H2,(H,17,18,21). The number of hydrogen-bond donors (Lipinski definition) is 1. The monoisotopic (exact) mass is 326 g/mol. The fourth-order valence-electron chi connectivity index (χ4n) is 2.96. The zero-order valence-corrected chi connectivity index (χ0v) is 13.1. The Morgan fingerprint density at radius 3 is 3.04 bits per heavy atom. The minimum atomic E-state index is -0.421. The van der Waals surface area contributed by atoms with Crippen molar-refractivity contribution in [3.8, 4) is 0 Å². The number of rotatable bonds is 3. The van der Waals surface area contributed by atoms with E-state index in [0.717, 1.165) is 30.5 Å². The van der Waals surface area contributed by atoms with E-state index in [-0.39, 0.29) is 18.2 Å². The third-order valence-corrected chi connectivity index (χ3v) is 5.13. The summed E-state index contributed by atoms with van der Waals surface area (Å²) in [4.78, 5) is 29.7. The van der Waals surface area contributed by atoms with Gasteiger partial charge in [-0.25, -0.2) is 4.98 Å². The lowest BCUT2D eigenvalue weighted by Crippen LogP contribution is -2.18. The summed E-state index contributed by atoms with van der Waals surface area (Å²) in [5.41, 5.74) is 2.39. The molecule has 0 radical (unpaired) electrons. The topological polar surface area (TPSA) is 83.8 Å². The van der Waals surface area contributed by atoms with Gasteiger partial charge in [0.2, 0.25) is 5.91 Å². The van der Waals surface area contributed by atoms with E-state index in [0.29, 0.717) is 10.7 Å². The van der Waals surface area contributed by atoms with Gasteiger partial charge in [0, 0.05) is 10.4 Å². The molecule has 1 N–H and O–H groups in total. The number of hydrogen-bond acceptors (Lipinski definition) is 5. The number of aryl methyl sites for hydroxylation is 2. The van der Waals surface area contributed by atoms with Crippen LogP contribution in [0.15, 0.2) is 34.5 Å². The van der Waals surface area contributed by atoms with Crippen molar-refractivity contribution in [2.45, 2.75) is 31.7 Å². The van der Waals surface area contributed by atoms with Gasteiger partial charge in [-0.1, -0.05) is 18.2 Å². The maximum absolute atomic E-state index is 12.3. The van der Waals surface area contributed by atoms with E-state index in [2.05, 4.69) is 20.5 Å². The molecule has 1 aliphatic carbocycles. The van der Waals surface area contributed by atoms with Crippen molar-refractivity contribution >= 4 is 28.3 Å². The molecule has 2 amide bonds. The van der Waals surface area contributed by atoms with Crippen LogP contribution in [0.4, 0.5) is 5.13 Å². The number of carbonyl (C=O) groups is 2. The summed E-state index contributed by atoms with van der Waals surface area (Å²) in [6, 6.07) is 6.73. The molecule has 7 heteroatoms. The number of anilines is 1. The molecule has 0 spiro atoms. The van der Waals surface area contributed by atoms with Crippen LogP contribution in [0.2, 0.25) is 0 Å². The number of azo groups is 1. The first kappa shape index (κ1) is 14.2. The average molecular weight is 326 g/mol. The summed E-state index contributed by atoms with van der Waals surface area (Å²) in [6.07, 6.45) is 3.34. The fraction of sp³-hybridized carbons (Fsp3) is 0.312. The fourth-order valence-corrected chi connectivity index (χ4v) is 4.03. The lowest BCUT2D eigenvalue weighted by molar-refractivity contribution is -0.116. The summed E-state index contributed by atoms with van der Waals surface area (Å²) in [7, 11) is 0. The molecule has 1 atom stereocenters. The Balaban J connectivity index is 1.48. The zero-order chi connectivity index (χ0) is 15.8. The van der Waals surface area contributed by atoms with Gasteiger partial charge in [0.05, 0.1) is 12.1 Å². The maximum Gasteiger partial charge on any atom is 0.295 e. The van der Waals surface area contributed by atoms with Gasteiger partial charge in [-0.2, -0.15) is 5.11 Å². The van der Waals surface area contributed by atoms with Gasteiger partial charge in [0.25, 0.3) is 5.91 Å². The van der Waals surface area contributed by atoms with Crippen LogP contribution in [0.1, 0.15) is 45.4 Å².